The summed E-state index contributed by atoms with van der Waals surface area (Å²) in [7, 11) is 0. The summed E-state index contributed by atoms with van der Waals surface area (Å²) in [6.45, 7) is 0. The van der Waals surface area contributed by atoms with Crippen molar-refractivity contribution in [3.05, 3.63) is 12.2 Å². The zero-order valence-corrected chi connectivity index (χ0v) is 7.82. The predicted molar refractivity (Wildman–Crippen MR) is 51.3 cm³/mol. The Morgan fingerprint density at radius 1 is 1.23 bits per heavy atom. The molecular weight excluding hydrogens is 164 g/mol. The minimum Gasteiger partial charge on any atom is -0.303 e. The lowest BCUT2D eigenvalue weighted by molar-refractivity contribution is -0.111. The minimum absolute atomic E-state index is 0.208. The Labute approximate surface area is 79.0 Å². The topological polar surface area (TPSA) is 34.1 Å². The molecular formula is C11H16O2. The van der Waals surface area contributed by atoms with E-state index in [4.69, 9.17) is 0 Å². The number of aldehydes is 2. The molecule has 0 bridgehead atoms. The number of allylic oxidation sites excluding steroid dienone is 2. The second-order valence-electron chi connectivity index (χ2n) is 3.64. The lowest BCUT2D eigenvalue weighted by atomic mass is 9.89. The highest BCUT2D eigenvalue weighted by Gasteiger charge is 2.12. The van der Waals surface area contributed by atoms with Gasteiger partial charge in [0.1, 0.15) is 12.6 Å². The molecule has 0 aromatic carbocycles. The monoisotopic (exact) mass is 180 g/mol. The van der Waals surface area contributed by atoms with Crippen molar-refractivity contribution >= 4 is 12.6 Å². The first kappa shape index (κ1) is 10.2. The molecule has 1 aliphatic carbocycles. The third-order valence-electron chi connectivity index (χ3n) is 2.61. The van der Waals surface area contributed by atoms with Crippen molar-refractivity contribution in [3.63, 3.8) is 0 Å². The van der Waals surface area contributed by atoms with E-state index in [1.54, 1.807) is 0 Å². The zero-order chi connectivity index (χ0) is 9.52. The molecule has 2 atom stereocenters. The van der Waals surface area contributed by atoms with E-state index in [9.17, 15) is 9.59 Å². The van der Waals surface area contributed by atoms with E-state index in [1.807, 2.05) is 0 Å². The molecule has 0 aromatic heterocycles. The molecule has 0 radical (unpaired) electrons. The fourth-order valence-corrected chi connectivity index (χ4v) is 1.72. The van der Waals surface area contributed by atoms with Crippen LogP contribution in [0.4, 0.5) is 0 Å². The molecule has 1 aliphatic rings. The van der Waals surface area contributed by atoms with E-state index in [0.29, 0.717) is 12.3 Å². The first-order chi connectivity index (χ1) is 6.36. The van der Waals surface area contributed by atoms with Gasteiger partial charge in [0.2, 0.25) is 0 Å². The van der Waals surface area contributed by atoms with Gasteiger partial charge in [0.15, 0.2) is 0 Å². The van der Waals surface area contributed by atoms with Crippen molar-refractivity contribution in [2.24, 2.45) is 11.8 Å². The van der Waals surface area contributed by atoms with E-state index in [2.05, 4.69) is 12.2 Å². The molecule has 0 fully saturated rings. The highest BCUT2D eigenvalue weighted by Crippen LogP contribution is 2.22. The molecule has 72 valence electrons. The summed E-state index contributed by atoms with van der Waals surface area (Å²) >= 11 is 0. The van der Waals surface area contributed by atoms with Crippen LogP contribution in [0.15, 0.2) is 12.2 Å². The Bertz CT molecular complexity index is 196. The van der Waals surface area contributed by atoms with Gasteiger partial charge in [0, 0.05) is 12.3 Å². The smallest absolute Gasteiger partial charge is 0.123 e. The third-order valence-corrected chi connectivity index (χ3v) is 2.61. The van der Waals surface area contributed by atoms with Gasteiger partial charge in [-0.2, -0.15) is 0 Å². The first-order valence-corrected chi connectivity index (χ1v) is 4.92. The van der Waals surface area contributed by atoms with E-state index in [1.165, 1.54) is 0 Å². The fraction of sp³-hybridized carbons (Fsp3) is 0.636. The van der Waals surface area contributed by atoms with Crippen LogP contribution in [0.25, 0.3) is 0 Å². The van der Waals surface area contributed by atoms with Crippen LogP contribution >= 0.6 is 0 Å². The van der Waals surface area contributed by atoms with Crippen molar-refractivity contribution in [3.8, 4) is 0 Å². The van der Waals surface area contributed by atoms with Crippen LogP contribution in [0.2, 0.25) is 0 Å². The molecule has 2 heteroatoms. The zero-order valence-electron chi connectivity index (χ0n) is 7.82. The van der Waals surface area contributed by atoms with Crippen LogP contribution in [0.5, 0.6) is 0 Å². The van der Waals surface area contributed by atoms with Crippen LogP contribution < -0.4 is 0 Å². The molecule has 0 saturated carbocycles. The van der Waals surface area contributed by atoms with Gasteiger partial charge in [-0.15, -0.1) is 0 Å². The Hall–Kier alpha value is -0.920. The number of hydrogen-bond acceptors (Lipinski definition) is 2. The molecule has 0 spiro atoms. The lowest BCUT2D eigenvalue weighted by Crippen LogP contribution is -2.08. The Morgan fingerprint density at radius 3 is 2.77 bits per heavy atom. The van der Waals surface area contributed by atoms with Gasteiger partial charge in [0.25, 0.3) is 0 Å². The van der Waals surface area contributed by atoms with Gasteiger partial charge in [0.05, 0.1) is 0 Å². The highest BCUT2D eigenvalue weighted by molar-refractivity contribution is 5.53. The van der Waals surface area contributed by atoms with E-state index in [-0.39, 0.29) is 5.92 Å². The van der Waals surface area contributed by atoms with Crippen molar-refractivity contribution in [2.75, 3.05) is 0 Å². The highest BCUT2D eigenvalue weighted by atomic mass is 16.1. The summed E-state index contributed by atoms with van der Waals surface area (Å²) in [5, 5.41) is 0. The summed E-state index contributed by atoms with van der Waals surface area (Å²) in [6, 6.07) is 0. The standard InChI is InChI=1S/C11H16O2/c12-8-7-10-3-1-2-4-11(9-13)6-5-10/h1,3,8-11H,2,4-7H2/b3-1+. The summed E-state index contributed by atoms with van der Waals surface area (Å²) < 4.78 is 0. The Kier molecular flexibility index (Phi) is 4.44. The van der Waals surface area contributed by atoms with E-state index in [0.717, 1.165) is 38.3 Å². The summed E-state index contributed by atoms with van der Waals surface area (Å²) in [5.74, 6) is 0.569. The molecule has 1 rings (SSSR count). The second kappa shape index (κ2) is 5.68. The van der Waals surface area contributed by atoms with Gasteiger partial charge < -0.3 is 9.59 Å². The first-order valence-electron chi connectivity index (χ1n) is 4.92. The maximum Gasteiger partial charge on any atom is 0.123 e. The summed E-state index contributed by atoms with van der Waals surface area (Å²) in [6.07, 6.45) is 10.7. The Morgan fingerprint density at radius 2 is 2.08 bits per heavy atom. The van der Waals surface area contributed by atoms with Crippen molar-refractivity contribution < 1.29 is 9.59 Å². The summed E-state index contributed by atoms with van der Waals surface area (Å²) in [4.78, 5) is 20.9. The van der Waals surface area contributed by atoms with Gasteiger partial charge >= 0.3 is 0 Å². The van der Waals surface area contributed by atoms with E-state index < -0.39 is 0 Å². The van der Waals surface area contributed by atoms with Crippen molar-refractivity contribution in [1.29, 1.82) is 0 Å². The van der Waals surface area contributed by atoms with Crippen molar-refractivity contribution in [2.45, 2.75) is 32.1 Å². The molecule has 0 aromatic rings. The van der Waals surface area contributed by atoms with Crippen LogP contribution in [0.3, 0.4) is 0 Å². The molecule has 2 nitrogen and oxygen atoms in total. The second-order valence-corrected chi connectivity index (χ2v) is 3.64. The van der Waals surface area contributed by atoms with Crippen molar-refractivity contribution in [1.82, 2.24) is 0 Å². The van der Waals surface area contributed by atoms with E-state index >= 15 is 0 Å². The lowest BCUT2D eigenvalue weighted by Gasteiger charge is -2.16. The molecule has 0 amide bonds. The molecule has 0 aliphatic heterocycles. The molecule has 2 unspecified atom stereocenters. The van der Waals surface area contributed by atoms with Gasteiger partial charge in [-0.25, -0.2) is 0 Å². The summed E-state index contributed by atoms with van der Waals surface area (Å²) in [5.41, 5.74) is 0. The number of hydrogen-bond donors (Lipinski definition) is 0. The van der Waals surface area contributed by atoms with Gasteiger partial charge in [-0.1, -0.05) is 12.2 Å². The van der Waals surface area contributed by atoms with Gasteiger partial charge in [-0.05, 0) is 31.6 Å². The molecule has 0 N–H and O–H groups in total. The minimum atomic E-state index is 0.208. The maximum atomic E-state index is 10.6. The largest absolute Gasteiger partial charge is 0.303 e. The molecule has 13 heavy (non-hydrogen) atoms. The quantitative estimate of drug-likeness (QED) is 0.492. The van der Waals surface area contributed by atoms with Crippen LogP contribution in [-0.4, -0.2) is 12.6 Å². The molecule has 0 saturated heterocycles. The normalized spacial score (nSPS) is 31.4. The van der Waals surface area contributed by atoms with Crippen LogP contribution in [-0.2, 0) is 9.59 Å². The third kappa shape index (κ3) is 3.53. The average molecular weight is 180 g/mol. The van der Waals surface area contributed by atoms with Crippen LogP contribution in [0, 0.1) is 11.8 Å². The maximum absolute atomic E-state index is 10.6. The SMILES string of the molecule is O=CCC1/C=C/CCC(C=O)CC1. The predicted octanol–water partition coefficient (Wildman–Crippen LogP) is 2.14. The molecule has 0 heterocycles. The number of carbonyl (C=O) groups excluding carboxylic acids is 2. The number of rotatable bonds is 3. The van der Waals surface area contributed by atoms with Gasteiger partial charge in [-0.3, -0.25) is 0 Å². The number of carbonyl (C=O) groups is 2. The Balaban J connectivity index is 2.46. The van der Waals surface area contributed by atoms with Crippen LogP contribution in [0.1, 0.15) is 32.1 Å². The fourth-order valence-electron chi connectivity index (χ4n) is 1.72. The average Bonchev–Trinajstić information content (AvgIpc) is 2.11.